The fourth-order valence-electron chi connectivity index (χ4n) is 2.44. The second-order valence-corrected chi connectivity index (χ2v) is 5.74. The first-order valence-electron chi connectivity index (χ1n) is 7.06. The second-order valence-electron chi connectivity index (χ2n) is 5.31. The summed E-state index contributed by atoms with van der Waals surface area (Å²) in [4.78, 5) is 27.2. The second kappa shape index (κ2) is 5.89. The van der Waals surface area contributed by atoms with E-state index in [2.05, 4.69) is 4.98 Å². The molecule has 0 unspecified atom stereocenters. The Hall–Kier alpha value is -2.59. The number of carbonyl (C=O) groups is 2. The highest BCUT2D eigenvalue weighted by atomic mass is 35.5. The van der Waals surface area contributed by atoms with E-state index in [9.17, 15) is 9.59 Å². The van der Waals surface area contributed by atoms with Gasteiger partial charge in [0.25, 0.3) is 0 Å². The SMILES string of the molecule is CC(=O)Oc1c(C(=O)c2ccc(Cl)cc2)[nH]c2cc(C)ccc12. The maximum atomic E-state index is 12.7. The first-order chi connectivity index (χ1) is 11.0. The van der Waals surface area contributed by atoms with Gasteiger partial charge in [0.05, 0.1) is 5.52 Å². The highest BCUT2D eigenvalue weighted by Crippen LogP contribution is 2.32. The minimum atomic E-state index is -0.475. The molecule has 0 fully saturated rings. The smallest absolute Gasteiger partial charge is 0.308 e. The molecule has 1 N–H and O–H groups in total. The standard InChI is InChI=1S/C18H14ClNO3/c1-10-3-8-14-15(9-10)20-16(18(14)23-11(2)21)17(22)12-4-6-13(19)7-5-12/h3-9,20H,1-2H3. The van der Waals surface area contributed by atoms with E-state index in [0.29, 0.717) is 16.0 Å². The third-order valence-corrected chi connectivity index (χ3v) is 3.74. The Bertz CT molecular complexity index is 910. The molecule has 2 aromatic carbocycles. The first-order valence-corrected chi connectivity index (χ1v) is 7.44. The van der Waals surface area contributed by atoms with Crippen molar-refractivity contribution in [3.63, 3.8) is 0 Å². The highest BCUT2D eigenvalue weighted by molar-refractivity contribution is 6.30. The van der Waals surface area contributed by atoms with Crippen molar-refractivity contribution in [3.05, 3.63) is 64.3 Å². The Morgan fingerprint density at radius 2 is 1.78 bits per heavy atom. The van der Waals surface area contributed by atoms with Crippen LogP contribution in [0.5, 0.6) is 5.75 Å². The fraction of sp³-hybridized carbons (Fsp3) is 0.111. The minimum Gasteiger partial charge on any atom is -0.424 e. The van der Waals surface area contributed by atoms with Crippen molar-refractivity contribution in [1.29, 1.82) is 0 Å². The van der Waals surface area contributed by atoms with Crippen molar-refractivity contribution in [2.45, 2.75) is 13.8 Å². The van der Waals surface area contributed by atoms with E-state index in [1.807, 2.05) is 25.1 Å². The van der Waals surface area contributed by atoms with E-state index >= 15 is 0 Å². The zero-order valence-corrected chi connectivity index (χ0v) is 13.4. The summed E-state index contributed by atoms with van der Waals surface area (Å²) in [6.07, 6.45) is 0. The quantitative estimate of drug-likeness (QED) is 0.576. The van der Waals surface area contributed by atoms with Gasteiger partial charge >= 0.3 is 5.97 Å². The maximum absolute atomic E-state index is 12.7. The van der Waals surface area contributed by atoms with Crippen molar-refractivity contribution >= 4 is 34.3 Å². The summed E-state index contributed by atoms with van der Waals surface area (Å²) in [6, 6.07) is 12.2. The summed E-state index contributed by atoms with van der Waals surface area (Å²) in [5.41, 5.74) is 2.51. The van der Waals surface area contributed by atoms with Gasteiger partial charge in [-0.15, -0.1) is 0 Å². The van der Waals surface area contributed by atoms with Crippen LogP contribution >= 0.6 is 11.6 Å². The summed E-state index contributed by atoms with van der Waals surface area (Å²) in [6.45, 7) is 3.26. The number of ketones is 1. The van der Waals surface area contributed by atoms with Gasteiger partial charge in [0.15, 0.2) is 5.75 Å². The number of rotatable bonds is 3. The number of esters is 1. The Labute approximate surface area is 138 Å². The number of H-pyrrole nitrogens is 1. The monoisotopic (exact) mass is 327 g/mol. The molecule has 0 saturated heterocycles. The van der Waals surface area contributed by atoms with Gasteiger partial charge in [-0.05, 0) is 48.9 Å². The van der Waals surface area contributed by atoms with Crippen LogP contribution in [-0.2, 0) is 4.79 Å². The van der Waals surface area contributed by atoms with Crippen LogP contribution in [0.3, 0.4) is 0 Å². The lowest BCUT2D eigenvalue weighted by Crippen LogP contribution is -2.08. The van der Waals surface area contributed by atoms with Gasteiger partial charge in [0.1, 0.15) is 5.69 Å². The zero-order chi connectivity index (χ0) is 16.6. The molecule has 3 rings (SSSR count). The van der Waals surface area contributed by atoms with Gasteiger partial charge in [0, 0.05) is 22.9 Å². The fourth-order valence-corrected chi connectivity index (χ4v) is 2.57. The molecule has 1 aromatic heterocycles. The molecule has 23 heavy (non-hydrogen) atoms. The van der Waals surface area contributed by atoms with Crippen LogP contribution in [0.2, 0.25) is 5.02 Å². The van der Waals surface area contributed by atoms with Gasteiger partial charge in [-0.3, -0.25) is 9.59 Å². The largest absolute Gasteiger partial charge is 0.424 e. The molecule has 3 aromatic rings. The molecule has 0 bridgehead atoms. The van der Waals surface area contributed by atoms with Crippen LogP contribution < -0.4 is 4.74 Å². The van der Waals surface area contributed by atoms with Gasteiger partial charge in [-0.25, -0.2) is 0 Å². The van der Waals surface area contributed by atoms with Crippen molar-refractivity contribution in [1.82, 2.24) is 4.98 Å². The molecule has 116 valence electrons. The van der Waals surface area contributed by atoms with E-state index < -0.39 is 5.97 Å². The lowest BCUT2D eigenvalue weighted by atomic mass is 10.1. The van der Waals surface area contributed by atoms with E-state index in [4.69, 9.17) is 16.3 Å². The number of nitrogens with one attached hydrogen (secondary N) is 1. The Balaban J connectivity index is 2.16. The lowest BCUT2D eigenvalue weighted by molar-refractivity contribution is -0.131. The van der Waals surface area contributed by atoms with Gasteiger partial charge < -0.3 is 9.72 Å². The number of aromatic amines is 1. The summed E-state index contributed by atoms with van der Waals surface area (Å²) in [5.74, 6) is -0.476. The van der Waals surface area contributed by atoms with E-state index in [-0.39, 0.29) is 17.2 Å². The predicted octanol–water partition coefficient (Wildman–Crippen LogP) is 4.29. The van der Waals surface area contributed by atoms with Crippen LogP contribution in [0.1, 0.15) is 28.5 Å². The number of aryl methyl sites for hydroxylation is 1. The molecule has 0 aliphatic heterocycles. The number of carbonyl (C=O) groups excluding carboxylic acids is 2. The molecule has 4 nitrogen and oxygen atoms in total. The molecule has 0 aliphatic carbocycles. The van der Waals surface area contributed by atoms with Crippen LogP contribution in [0, 0.1) is 6.92 Å². The molecule has 0 saturated carbocycles. The summed E-state index contributed by atoms with van der Waals surface area (Å²) in [5, 5.41) is 1.25. The average molecular weight is 328 g/mol. The summed E-state index contributed by atoms with van der Waals surface area (Å²) < 4.78 is 5.29. The zero-order valence-electron chi connectivity index (χ0n) is 12.6. The number of hydrogen-bond acceptors (Lipinski definition) is 3. The lowest BCUT2D eigenvalue weighted by Gasteiger charge is -2.04. The Kier molecular flexibility index (Phi) is 3.92. The topological polar surface area (TPSA) is 59.2 Å². The normalized spacial score (nSPS) is 10.7. The maximum Gasteiger partial charge on any atom is 0.308 e. The Morgan fingerprint density at radius 3 is 2.43 bits per heavy atom. The molecule has 0 aliphatic rings. The third kappa shape index (κ3) is 2.98. The molecular weight excluding hydrogens is 314 g/mol. The summed E-state index contributed by atoms with van der Waals surface area (Å²) in [7, 11) is 0. The van der Waals surface area contributed by atoms with Crippen LogP contribution in [0.4, 0.5) is 0 Å². The third-order valence-electron chi connectivity index (χ3n) is 3.49. The molecule has 0 spiro atoms. The van der Waals surface area contributed by atoms with E-state index in [0.717, 1.165) is 11.1 Å². The average Bonchev–Trinajstić information content (AvgIpc) is 2.84. The van der Waals surface area contributed by atoms with Crippen molar-refractivity contribution in [2.24, 2.45) is 0 Å². The van der Waals surface area contributed by atoms with E-state index in [1.54, 1.807) is 24.3 Å². The van der Waals surface area contributed by atoms with Crippen molar-refractivity contribution in [2.75, 3.05) is 0 Å². The number of fused-ring (bicyclic) bond motifs is 1. The molecule has 0 atom stereocenters. The van der Waals surface area contributed by atoms with Crippen molar-refractivity contribution in [3.8, 4) is 5.75 Å². The van der Waals surface area contributed by atoms with Gasteiger partial charge in [-0.1, -0.05) is 17.7 Å². The van der Waals surface area contributed by atoms with Crippen LogP contribution in [0.15, 0.2) is 42.5 Å². The molecule has 0 amide bonds. The summed E-state index contributed by atoms with van der Waals surface area (Å²) >= 11 is 5.86. The van der Waals surface area contributed by atoms with Crippen LogP contribution in [0.25, 0.3) is 10.9 Å². The number of aromatic nitrogens is 1. The van der Waals surface area contributed by atoms with Crippen molar-refractivity contribution < 1.29 is 14.3 Å². The molecule has 1 heterocycles. The molecule has 5 heteroatoms. The number of hydrogen-bond donors (Lipinski definition) is 1. The number of ether oxygens (including phenoxy) is 1. The number of halogens is 1. The van der Waals surface area contributed by atoms with Gasteiger partial charge in [-0.2, -0.15) is 0 Å². The first kappa shape index (κ1) is 15.3. The van der Waals surface area contributed by atoms with E-state index in [1.165, 1.54) is 6.92 Å². The number of benzene rings is 2. The van der Waals surface area contributed by atoms with Gasteiger partial charge in [0.2, 0.25) is 5.78 Å². The van der Waals surface area contributed by atoms with Crippen LogP contribution in [-0.4, -0.2) is 16.7 Å². The highest BCUT2D eigenvalue weighted by Gasteiger charge is 2.21. The molecule has 0 radical (unpaired) electrons. The molecular formula is C18H14ClNO3. The minimum absolute atomic E-state index is 0.253. The predicted molar refractivity (Wildman–Crippen MR) is 89.2 cm³/mol. The Morgan fingerprint density at radius 1 is 1.09 bits per heavy atom.